The van der Waals surface area contributed by atoms with E-state index in [-0.39, 0.29) is 22.3 Å². The van der Waals surface area contributed by atoms with Gasteiger partial charge in [-0.3, -0.25) is 9.52 Å². The number of carbonyl (C=O) groups is 1. The van der Waals surface area contributed by atoms with Crippen LogP contribution in [0.2, 0.25) is 0 Å². The van der Waals surface area contributed by atoms with Gasteiger partial charge in [-0.1, -0.05) is 6.92 Å². The number of nitrogens with one attached hydrogen (secondary N) is 2. The highest BCUT2D eigenvalue weighted by Gasteiger charge is 2.21. The van der Waals surface area contributed by atoms with E-state index in [2.05, 4.69) is 15.0 Å². The number of imidazole rings is 1. The standard InChI is InChI=1S/C13H19N5O3S/c1-4-5-18-8-12(15-9-18)16-22(20,21)10-6-11(13(19)14-2)17(3)7-10/h6-9,16H,4-5H2,1-3H3,(H,14,19). The fourth-order valence-electron chi connectivity index (χ4n) is 2.02. The van der Waals surface area contributed by atoms with Gasteiger partial charge in [0.05, 0.1) is 6.33 Å². The number of sulfonamides is 1. The lowest BCUT2D eigenvalue weighted by atomic mass is 10.4. The Hall–Kier alpha value is -2.29. The number of nitrogens with zero attached hydrogens (tertiary/aromatic N) is 3. The molecule has 0 saturated carbocycles. The van der Waals surface area contributed by atoms with Crippen LogP contribution >= 0.6 is 0 Å². The Morgan fingerprint density at radius 1 is 1.36 bits per heavy atom. The lowest BCUT2D eigenvalue weighted by Gasteiger charge is -2.02. The topological polar surface area (TPSA) is 98.0 Å². The van der Waals surface area contributed by atoms with Crippen molar-refractivity contribution >= 4 is 21.7 Å². The number of carbonyl (C=O) groups excluding carboxylic acids is 1. The SMILES string of the molecule is CCCn1cnc(NS(=O)(=O)c2cc(C(=O)NC)n(C)c2)c1. The molecule has 2 aromatic rings. The third kappa shape index (κ3) is 3.30. The number of hydrogen-bond acceptors (Lipinski definition) is 4. The zero-order valence-electron chi connectivity index (χ0n) is 12.7. The van der Waals surface area contributed by atoms with Crippen LogP contribution in [0.1, 0.15) is 23.8 Å². The third-order valence-corrected chi connectivity index (χ3v) is 4.43. The lowest BCUT2D eigenvalue weighted by Crippen LogP contribution is -2.20. The number of aryl methyl sites for hydroxylation is 2. The van der Waals surface area contributed by atoms with Gasteiger partial charge in [-0.15, -0.1) is 0 Å². The molecule has 22 heavy (non-hydrogen) atoms. The summed E-state index contributed by atoms with van der Waals surface area (Å²) < 4.78 is 30.4. The molecule has 0 radical (unpaired) electrons. The van der Waals surface area contributed by atoms with Gasteiger partial charge in [0, 0.05) is 33.0 Å². The van der Waals surface area contributed by atoms with Crippen molar-refractivity contribution in [2.45, 2.75) is 24.8 Å². The summed E-state index contributed by atoms with van der Waals surface area (Å²) in [7, 11) is -0.686. The van der Waals surface area contributed by atoms with Gasteiger partial charge >= 0.3 is 0 Å². The number of hydrogen-bond donors (Lipinski definition) is 2. The van der Waals surface area contributed by atoms with Crippen LogP contribution in [0.25, 0.3) is 0 Å². The molecule has 0 saturated heterocycles. The molecule has 2 rings (SSSR count). The zero-order chi connectivity index (χ0) is 16.3. The molecule has 120 valence electrons. The summed E-state index contributed by atoms with van der Waals surface area (Å²) in [5, 5.41) is 2.46. The molecule has 8 nitrogen and oxygen atoms in total. The maximum atomic E-state index is 12.3. The Balaban J connectivity index is 2.24. The van der Waals surface area contributed by atoms with Crippen molar-refractivity contribution < 1.29 is 13.2 Å². The largest absolute Gasteiger partial charge is 0.354 e. The van der Waals surface area contributed by atoms with E-state index in [9.17, 15) is 13.2 Å². The first-order chi connectivity index (χ1) is 10.4. The minimum atomic E-state index is -3.79. The first-order valence-electron chi connectivity index (χ1n) is 6.80. The van der Waals surface area contributed by atoms with Crippen molar-refractivity contribution in [3.05, 3.63) is 30.5 Å². The van der Waals surface area contributed by atoms with Crippen molar-refractivity contribution in [2.24, 2.45) is 7.05 Å². The molecule has 0 aliphatic heterocycles. The highest BCUT2D eigenvalue weighted by Crippen LogP contribution is 2.17. The molecule has 2 aromatic heterocycles. The van der Waals surface area contributed by atoms with E-state index < -0.39 is 10.0 Å². The number of anilines is 1. The fourth-order valence-corrected chi connectivity index (χ4v) is 3.09. The van der Waals surface area contributed by atoms with Crippen molar-refractivity contribution in [1.82, 2.24) is 19.4 Å². The molecule has 0 spiro atoms. The Morgan fingerprint density at radius 2 is 2.09 bits per heavy atom. The van der Waals surface area contributed by atoms with E-state index in [1.54, 1.807) is 24.1 Å². The summed E-state index contributed by atoms with van der Waals surface area (Å²) in [5.74, 6) is -0.102. The van der Waals surface area contributed by atoms with Crippen LogP contribution in [-0.2, 0) is 23.6 Å². The second-order valence-corrected chi connectivity index (χ2v) is 6.54. The zero-order valence-corrected chi connectivity index (χ0v) is 13.5. The van der Waals surface area contributed by atoms with Gasteiger partial charge in [0.15, 0.2) is 5.82 Å². The van der Waals surface area contributed by atoms with E-state index >= 15 is 0 Å². The molecular formula is C13H19N5O3S. The van der Waals surface area contributed by atoms with Crippen LogP contribution in [0.15, 0.2) is 29.7 Å². The minimum absolute atomic E-state index is 0.0126. The summed E-state index contributed by atoms with van der Waals surface area (Å²) >= 11 is 0. The predicted molar refractivity (Wildman–Crippen MR) is 82.1 cm³/mol. The molecule has 0 aromatic carbocycles. The Morgan fingerprint density at radius 3 is 2.73 bits per heavy atom. The summed E-state index contributed by atoms with van der Waals surface area (Å²) in [6.45, 7) is 2.79. The van der Waals surface area contributed by atoms with Gasteiger partial charge in [0.1, 0.15) is 10.6 Å². The van der Waals surface area contributed by atoms with Crippen LogP contribution in [0.3, 0.4) is 0 Å². The average Bonchev–Trinajstić information content (AvgIpc) is 3.05. The van der Waals surface area contributed by atoms with Gasteiger partial charge in [-0.25, -0.2) is 13.4 Å². The molecule has 2 N–H and O–H groups in total. The molecule has 0 aliphatic carbocycles. The van der Waals surface area contributed by atoms with Gasteiger partial charge in [-0.05, 0) is 12.5 Å². The summed E-state index contributed by atoms with van der Waals surface area (Å²) in [6.07, 6.45) is 5.51. The van der Waals surface area contributed by atoms with Gasteiger partial charge in [0.2, 0.25) is 0 Å². The van der Waals surface area contributed by atoms with Crippen LogP contribution in [-0.4, -0.2) is 35.5 Å². The Bertz CT molecular complexity index is 775. The molecule has 2 heterocycles. The van der Waals surface area contributed by atoms with Crippen molar-refractivity contribution in [3.63, 3.8) is 0 Å². The first-order valence-corrected chi connectivity index (χ1v) is 8.28. The maximum Gasteiger partial charge on any atom is 0.267 e. The minimum Gasteiger partial charge on any atom is -0.354 e. The van der Waals surface area contributed by atoms with E-state index in [1.165, 1.54) is 23.9 Å². The van der Waals surface area contributed by atoms with Crippen LogP contribution in [0.5, 0.6) is 0 Å². The predicted octanol–water partition coefficient (Wildman–Crippen LogP) is 0.792. The maximum absolute atomic E-state index is 12.3. The first kappa shape index (κ1) is 16.1. The number of rotatable bonds is 6. The van der Waals surface area contributed by atoms with Crippen LogP contribution < -0.4 is 10.0 Å². The summed E-state index contributed by atoms with van der Waals surface area (Å²) in [6, 6.07) is 1.32. The van der Waals surface area contributed by atoms with E-state index in [0.29, 0.717) is 0 Å². The second-order valence-electron chi connectivity index (χ2n) is 4.85. The highest BCUT2D eigenvalue weighted by atomic mass is 32.2. The Labute approximate surface area is 129 Å². The molecule has 0 bridgehead atoms. The quantitative estimate of drug-likeness (QED) is 0.820. The van der Waals surface area contributed by atoms with Crippen molar-refractivity contribution in [1.29, 1.82) is 0 Å². The summed E-state index contributed by atoms with van der Waals surface area (Å²) in [5.41, 5.74) is 0.263. The van der Waals surface area contributed by atoms with E-state index in [0.717, 1.165) is 13.0 Å². The average molecular weight is 325 g/mol. The summed E-state index contributed by atoms with van der Waals surface area (Å²) in [4.78, 5) is 15.7. The van der Waals surface area contributed by atoms with Crippen LogP contribution in [0, 0.1) is 0 Å². The van der Waals surface area contributed by atoms with Gasteiger partial charge in [-0.2, -0.15) is 0 Å². The fraction of sp³-hybridized carbons (Fsp3) is 0.385. The molecule has 1 amide bonds. The molecule has 0 unspecified atom stereocenters. The molecule has 9 heteroatoms. The van der Waals surface area contributed by atoms with E-state index in [1.807, 2.05) is 6.92 Å². The molecule has 0 fully saturated rings. The monoisotopic (exact) mass is 325 g/mol. The highest BCUT2D eigenvalue weighted by molar-refractivity contribution is 7.92. The second kappa shape index (κ2) is 6.22. The van der Waals surface area contributed by atoms with E-state index in [4.69, 9.17) is 0 Å². The Kier molecular flexibility index (Phi) is 4.55. The van der Waals surface area contributed by atoms with Crippen LogP contribution in [0.4, 0.5) is 5.82 Å². The molecule has 0 atom stereocenters. The smallest absolute Gasteiger partial charge is 0.267 e. The van der Waals surface area contributed by atoms with Gasteiger partial charge < -0.3 is 14.5 Å². The van der Waals surface area contributed by atoms with Crippen molar-refractivity contribution in [2.75, 3.05) is 11.8 Å². The lowest BCUT2D eigenvalue weighted by molar-refractivity contribution is 0.0955. The third-order valence-electron chi connectivity index (χ3n) is 3.10. The van der Waals surface area contributed by atoms with Crippen molar-refractivity contribution in [3.8, 4) is 0 Å². The normalized spacial score (nSPS) is 11.4. The molecular weight excluding hydrogens is 306 g/mol. The molecule has 0 aliphatic rings. The number of aromatic nitrogens is 3. The van der Waals surface area contributed by atoms with Gasteiger partial charge in [0.25, 0.3) is 15.9 Å². The number of amides is 1.